The number of nitrogens with zero attached hydrogens (tertiary/aromatic N) is 6. The fourth-order valence-electron chi connectivity index (χ4n) is 5.46. The van der Waals surface area contributed by atoms with Crippen LogP contribution in [0.3, 0.4) is 0 Å². The zero-order valence-electron chi connectivity index (χ0n) is 26.3. The molecule has 0 fully saturated rings. The summed E-state index contributed by atoms with van der Waals surface area (Å²) < 4.78 is 7.36. The van der Waals surface area contributed by atoms with E-state index >= 15 is 0 Å². The predicted molar refractivity (Wildman–Crippen MR) is 184 cm³/mol. The number of hydrogen-bond acceptors (Lipinski definition) is 10. The van der Waals surface area contributed by atoms with Crippen molar-refractivity contribution in [1.29, 1.82) is 0 Å². The summed E-state index contributed by atoms with van der Waals surface area (Å²) in [5.74, 6) is 0.253. The maximum Gasteiger partial charge on any atom is 0.273 e. The number of nitrogens with one attached hydrogen (secondary N) is 1. The van der Waals surface area contributed by atoms with Crippen LogP contribution in [0, 0.1) is 24.0 Å². The minimum Gasteiger partial charge on any atom is -0.495 e. The first kappa shape index (κ1) is 32.6. The number of carbonyl (C=O) groups excluding carboxylic acids is 2. The van der Waals surface area contributed by atoms with Gasteiger partial charge in [0.25, 0.3) is 17.5 Å². The summed E-state index contributed by atoms with van der Waals surface area (Å²) in [5, 5.41) is 31.7. The molecule has 0 unspecified atom stereocenters. The number of nitro groups is 1. The van der Waals surface area contributed by atoms with Crippen LogP contribution in [0.2, 0.25) is 0 Å². The summed E-state index contributed by atoms with van der Waals surface area (Å²) in [6, 6.07) is 23.5. The van der Waals surface area contributed by atoms with E-state index in [0.717, 1.165) is 21.7 Å². The van der Waals surface area contributed by atoms with Gasteiger partial charge in [0.1, 0.15) is 5.75 Å². The van der Waals surface area contributed by atoms with Crippen molar-refractivity contribution < 1.29 is 19.2 Å². The number of hydrogen-bond donors (Lipinski definition) is 1. The average Bonchev–Trinajstić information content (AvgIpc) is 3.87. The van der Waals surface area contributed by atoms with E-state index in [9.17, 15) is 19.7 Å². The summed E-state index contributed by atoms with van der Waals surface area (Å²) >= 11 is 2.79. The van der Waals surface area contributed by atoms with Crippen molar-refractivity contribution in [3.8, 4) is 11.4 Å². The Morgan fingerprint density at radius 2 is 1.83 bits per heavy atom. The molecule has 2 amide bonds. The third-order valence-electron chi connectivity index (χ3n) is 7.94. The number of aryl methyl sites for hydroxylation is 1. The van der Waals surface area contributed by atoms with Gasteiger partial charge in [-0.1, -0.05) is 65.9 Å². The molecule has 0 saturated heterocycles. The van der Waals surface area contributed by atoms with Crippen molar-refractivity contribution in [1.82, 2.24) is 25.1 Å². The third kappa shape index (κ3) is 6.71. The monoisotopic (exact) mass is 681 g/mol. The van der Waals surface area contributed by atoms with Crippen LogP contribution >= 0.6 is 23.1 Å². The van der Waals surface area contributed by atoms with Gasteiger partial charge in [0.15, 0.2) is 11.0 Å². The number of hydrazone groups is 1. The van der Waals surface area contributed by atoms with E-state index in [1.807, 2.05) is 66.9 Å². The van der Waals surface area contributed by atoms with Crippen molar-refractivity contribution in [3.63, 3.8) is 0 Å². The topological polar surface area (TPSA) is 145 Å². The molecule has 14 heteroatoms. The number of ether oxygens (including phenoxy) is 1. The lowest BCUT2D eigenvalue weighted by atomic mass is 10.00. The van der Waals surface area contributed by atoms with Gasteiger partial charge in [-0.3, -0.25) is 24.3 Å². The molecule has 1 aliphatic rings. The third-order valence-corrected chi connectivity index (χ3v) is 9.77. The number of methoxy groups -OCH3 is 1. The summed E-state index contributed by atoms with van der Waals surface area (Å²) in [7, 11) is 1.55. The molecule has 0 radical (unpaired) electrons. The number of thiophene rings is 1. The molecule has 5 aromatic rings. The van der Waals surface area contributed by atoms with Gasteiger partial charge in [0, 0.05) is 23.6 Å². The van der Waals surface area contributed by atoms with Gasteiger partial charge in [-0.05, 0) is 49.1 Å². The van der Waals surface area contributed by atoms with Crippen molar-refractivity contribution in [2.75, 3.05) is 12.9 Å². The van der Waals surface area contributed by atoms with Crippen LogP contribution in [0.15, 0.2) is 94.5 Å². The van der Waals surface area contributed by atoms with Crippen LogP contribution in [0.5, 0.6) is 5.75 Å². The zero-order chi connectivity index (χ0) is 33.8. The first-order valence-corrected chi connectivity index (χ1v) is 16.8. The number of benzene rings is 3. The Balaban J connectivity index is 1.26. The second kappa shape index (κ2) is 14.2. The van der Waals surface area contributed by atoms with Gasteiger partial charge in [-0.2, -0.15) is 5.10 Å². The number of amides is 2. The fourth-order valence-corrected chi connectivity index (χ4v) is 7.00. The molecule has 0 saturated carbocycles. The Morgan fingerprint density at radius 1 is 1.04 bits per heavy atom. The van der Waals surface area contributed by atoms with Crippen LogP contribution in [0.25, 0.3) is 5.69 Å². The van der Waals surface area contributed by atoms with Crippen molar-refractivity contribution in [3.05, 3.63) is 127 Å². The normalized spacial score (nSPS) is 14.1. The van der Waals surface area contributed by atoms with Gasteiger partial charge in [-0.15, -0.1) is 21.5 Å². The molecule has 1 atom stereocenters. The Hall–Kier alpha value is -5.34. The summed E-state index contributed by atoms with van der Waals surface area (Å²) in [6.45, 7) is 3.52. The van der Waals surface area contributed by atoms with Crippen molar-refractivity contribution in [2.24, 2.45) is 5.10 Å². The minimum atomic E-state index is -0.519. The van der Waals surface area contributed by atoms with E-state index in [0.29, 0.717) is 28.8 Å². The summed E-state index contributed by atoms with van der Waals surface area (Å²) in [5.41, 5.74) is 3.92. The molecule has 244 valence electrons. The van der Waals surface area contributed by atoms with Gasteiger partial charge in [0.05, 0.1) is 46.6 Å². The molecule has 3 heterocycles. The maximum atomic E-state index is 13.9. The number of nitro benzene ring substituents is 1. The van der Waals surface area contributed by atoms with Gasteiger partial charge in [-0.25, -0.2) is 5.01 Å². The largest absolute Gasteiger partial charge is 0.495 e. The van der Waals surface area contributed by atoms with E-state index in [-0.39, 0.29) is 41.1 Å². The Morgan fingerprint density at radius 3 is 2.56 bits per heavy atom. The zero-order valence-corrected chi connectivity index (χ0v) is 28.0. The van der Waals surface area contributed by atoms with Crippen LogP contribution in [0.4, 0.5) is 5.69 Å². The van der Waals surface area contributed by atoms with E-state index in [2.05, 4.69) is 15.5 Å². The molecule has 48 heavy (non-hydrogen) atoms. The Labute approximate surface area is 284 Å². The van der Waals surface area contributed by atoms with E-state index in [1.54, 1.807) is 34.1 Å². The smallest absolute Gasteiger partial charge is 0.273 e. The lowest BCUT2D eigenvalue weighted by molar-refractivity contribution is -0.385. The highest BCUT2D eigenvalue weighted by molar-refractivity contribution is 7.99. The van der Waals surface area contributed by atoms with Crippen LogP contribution in [0.1, 0.15) is 50.2 Å². The van der Waals surface area contributed by atoms with Crippen LogP contribution in [-0.4, -0.2) is 55.1 Å². The number of para-hydroxylation sites is 2. The number of aromatic nitrogens is 3. The molecule has 0 spiro atoms. The van der Waals surface area contributed by atoms with E-state index in [4.69, 9.17) is 9.84 Å². The number of thioether (sulfide) groups is 1. The highest BCUT2D eigenvalue weighted by atomic mass is 32.2. The minimum absolute atomic E-state index is 0.0239. The molecular formula is C34H31N7O5S2. The number of rotatable bonds is 11. The van der Waals surface area contributed by atoms with Crippen LogP contribution < -0.4 is 10.1 Å². The second-order valence-electron chi connectivity index (χ2n) is 11.0. The molecule has 2 aromatic heterocycles. The number of carbonyl (C=O) groups is 2. The molecular weight excluding hydrogens is 651 g/mol. The van der Waals surface area contributed by atoms with E-state index in [1.165, 1.54) is 36.9 Å². The summed E-state index contributed by atoms with van der Waals surface area (Å²) in [4.78, 5) is 38.9. The molecule has 0 bridgehead atoms. The Bertz CT molecular complexity index is 2010. The lowest BCUT2D eigenvalue weighted by Gasteiger charge is -2.22. The van der Waals surface area contributed by atoms with Crippen molar-refractivity contribution in [2.45, 2.75) is 38.0 Å². The highest BCUT2D eigenvalue weighted by Gasteiger charge is 2.34. The molecule has 1 aliphatic heterocycles. The second-order valence-corrected chi connectivity index (χ2v) is 12.9. The lowest BCUT2D eigenvalue weighted by Crippen LogP contribution is -2.28. The van der Waals surface area contributed by atoms with Crippen LogP contribution in [-0.2, 0) is 11.3 Å². The van der Waals surface area contributed by atoms with Gasteiger partial charge in [0.2, 0.25) is 0 Å². The quantitative estimate of drug-likeness (QED) is 0.0977. The standard InChI is InChI=1S/C34H31N7O5S2/c1-21-13-15-23(16-14-21)28-18-25(30-12-7-17-47-30)38-40(28)32(42)20-48-34-37-36-31(39(34)27-9-4-5-11-29(27)46-3)19-35-33(43)24-8-6-10-26(22(24)2)41(44)45/h4-17,28H,18-20H2,1-3H3,(H,35,43)/t28-/m1/s1. The van der Waals surface area contributed by atoms with Crippen molar-refractivity contribution >= 4 is 46.3 Å². The molecule has 3 aromatic carbocycles. The van der Waals surface area contributed by atoms with Gasteiger partial charge < -0.3 is 10.1 Å². The predicted octanol–water partition coefficient (Wildman–Crippen LogP) is 6.26. The average molecular weight is 682 g/mol. The fraction of sp³-hybridized carbons (Fsp3) is 0.206. The van der Waals surface area contributed by atoms with E-state index < -0.39 is 10.8 Å². The molecule has 1 N–H and O–H groups in total. The molecule has 12 nitrogen and oxygen atoms in total. The Kier molecular flexibility index (Phi) is 9.64. The highest BCUT2D eigenvalue weighted by Crippen LogP contribution is 2.35. The first-order chi connectivity index (χ1) is 23.2. The van der Waals surface area contributed by atoms with Gasteiger partial charge >= 0.3 is 0 Å². The maximum absolute atomic E-state index is 13.9. The molecule has 0 aliphatic carbocycles. The molecule has 6 rings (SSSR count). The first-order valence-electron chi connectivity index (χ1n) is 15.0. The SMILES string of the molecule is COc1ccccc1-n1c(CNC(=O)c2cccc([N+](=O)[O-])c2C)nnc1SCC(=O)N1N=C(c2cccs2)C[C@@H]1c1ccc(C)cc1. The summed E-state index contributed by atoms with van der Waals surface area (Å²) in [6.07, 6.45) is 0.602.